The van der Waals surface area contributed by atoms with E-state index in [0.29, 0.717) is 11.3 Å². The third-order valence-electron chi connectivity index (χ3n) is 3.30. The van der Waals surface area contributed by atoms with Crippen LogP contribution in [-0.4, -0.2) is 24.9 Å². The van der Waals surface area contributed by atoms with Crippen LogP contribution in [0.25, 0.3) is 6.08 Å². The number of hydrogen-bond donors (Lipinski definition) is 2. The number of benzene rings is 1. The van der Waals surface area contributed by atoms with Crippen LogP contribution in [0.4, 0.5) is 4.39 Å². The monoisotopic (exact) mass is 330 g/mol. The highest BCUT2D eigenvalue weighted by atomic mass is 19.1. The van der Waals surface area contributed by atoms with Crippen molar-refractivity contribution in [2.24, 2.45) is 0 Å². The minimum Gasteiger partial charge on any atom is -0.462 e. The summed E-state index contributed by atoms with van der Waals surface area (Å²) in [5, 5.41) is 5.25. The van der Waals surface area contributed by atoms with Gasteiger partial charge in [0.2, 0.25) is 5.91 Å². The van der Waals surface area contributed by atoms with Crippen LogP contribution in [-0.2, 0) is 4.79 Å². The second kappa shape index (κ2) is 8.10. The Hall–Kier alpha value is -2.89. The van der Waals surface area contributed by atoms with E-state index in [1.54, 1.807) is 37.3 Å². The number of nitrogens with one attached hydrogen (secondary N) is 2. The molecule has 2 amide bonds. The Balaban J connectivity index is 1.72. The summed E-state index contributed by atoms with van der Waals surface area (Å²) in [5.41, 5.74) is 0.731. The van der Waals surface area contributed by atoms with Crippen LogP contribution in [0.1, 0.15) is 27.4 Å². The molecule has 1 heterocycles. The van der Waals surface area contributed by atoms with E-state index in [0.717, 1.165) is 5.76 Å². The van der Waals surface area contributed by atoms with Gasteiger partial charge in [0.25, 0.3) is 5.91 Å². The van der Waals surface area contributed by atoms with E-state index in [1.807, 2.05) is 6.92 Å². The van der Waals surface area contributed by atoms with Crippen molar-refractivity contribution in [2.45, 2.75) is 13.8 Å². The molecule has 0 aliphatic carbocycles. The summed E-state index contributed by atoms with van der Waals surface area (Å²) >= 11 is 0. The second-order valence-corrected chi connectivity index (χ2v) is 5.29. The van der Waals surface area contributed by atoms with Gasteiger partial charge in [0.05, 0.1) is 0 Å². The third kappa shape index (κ3) is 5.08. The number of carbonyl (C=O) groups is 2. The van der Waals surface area contributed by atoms with Crippen molar-refractivity contribution in [3.63, 3.8) is 0 Å². The fourth-order valence-electron chi connectivity index (χ4n) is 1.96. The van der Waals surface area contributed by atoms with Crippen molar-refractivity contribution in [3.8, 4) is 0 Å². The fourth-order valence-corrected chi connectivity index (χ4v) is 1.96. The Morgan fingerprint density at radius 1 is 1.12 bits per heavy atom. The zero-order chi connectivity index (χ0) is 17.5. The lowest BCUT2D eigenvalue weighted by atomic mass is 10.1. The van der Waals surface area contributed by atoms with E-state index < -0.39 is 5.82 Å². The summed E-state index contributed by atoms with van der Waals surface area (Å²) in [7, 11) is 0. The zero-order valence-corrected chi connectivity index (χ0v) is 13.6. The Bertz CT molecular complexity index is 765. The van der Waals surface area contributed by atoms with E-state index in [2.05, 4.69) is 10.6 Å². The van der Waals surface area contributed by atoms with Gasteiger partial charge < -0.3 is 15.1 Å². The number of carbonyl (C=O) groups excluding carboxylic acids is 2. The Morgan fingerprint density at radius 2 is 1.88 bits per heavy atom. The number of amides is 2. The fraction of sp³-hybridized carbons (Fsp3) is 0.222. The van der Waals surface area contributed by atoms with E-state index >= 15 is 0 Å². The molecule has 0 unspecified atom stereocenters. The molecule has 0 fully saturated rings. The largest absolute Gasteiger partial charge is 0.462 e. The molecule has 0 bridgehead atoms. The van der Waals surface area contributed by atoms with Gasteiger partial charge in [-0.25, -0.2) is 4.39 Å². The number of hydrogen-bond acceptors (Lipinski definition) is 3. The molecular formula is C18H19FN2O3. The van der Waals surface area contributed by atoms with Crippen LogP contribution >= 0.6 is 0 Å². The average Bonchev–Trinajstić information content (AvgIpc) is 2.97. The number of halogens is 1. The quantitative estimate of drug-likeness (QED) is 0.632. The van der Waals surface area contributed by atoms with Gasteiger partial charge in [-0.3, -0.25) is 9.59 Å². The highest BCUT2D eigenvalue weighted by Crippen LogP contribution is 2.09. The third-order valence-corrected chi connectivity index (χ3v) is 3.30. The van der Waals surface area contributed by atoms with Gasteiger partial charge in [-0.2, -0.15) is 0 Å². The lowest BCUT2D eigenvalue weighted by Crippen LogP contribution is -2.34. The molecule has 2 aromatic rings. The minimum atomic E-state index is -0.422. The molecule has 5 nitrogen and oxygen atoms in total. The standard InChI is InChI=1S/C18H19FN2O3/c1-12-3-5-14(11-16(12)19)18(23)21-10-9-20-17(22)8-7-15-6-4-13(2)24-15/h3-8,11H,9-10H2,1-2H3,(H,20,22)(H,21,23)/b8-7+. The summed E-state index contributed by atoms with van der Waals surface area (Å²) in [6.07, 6.45) is 2.92. The van der Waals surface area contributed by atoms with Crippen LogP contribution in [0.15, 0.2) is 40.8 Å². The maximum atomic E-state index is 13.4. The van der Waals surface area contributed by atoms with Crippen LogP contribution < -0.4 is 10.6 Å². The molecule has 0 spiro atoms. The van der Waals surface area contributed by atoms with Crippen molar-refractivity contribution in [1.82, 2.24) is 10.6 Å². The van der Waals surface area contributed by atoms with Crippen molar-refractivity contribution in [2.75, 3.05) is 13.1 Å². The average molecular weight is 330 g/mol. The highest BCUT2D eigenvalue weighted by molar-refractivity contribution is 5.94. The highest BCUT2D eigenvalue weighted by Gasteiger charge is 2.07. The molecule has 126 valence electrons. The molecular weight excluding hydrogens is 311 g/mol. The summed E-state index contributed by atoms with van der Waals surface area (Å²) in [5.74, 6) is 0.265. The SMILES string of the molecule is Cc1ccc(/C=C/C(=O)NCCNC(=O)c2ccc(C)c(F)c2)o1. The van der Waals surface area contributed by atoms with E-state index in [9.17, 15) is 14.0 Å². The molecule has 0 saturated heterocycles. The van der Waals surface area contributed by atoms with Crippen LogP contribution in [0.3, 0.4) is 0 Å². The molecule has 0 radical (unpaired) electrons. The molecule has 0 atom stereocenters. The van der Waals surface area contributed by atoms with E-state index in [1.165, 1.54) is 12.1 Å². The molecule has 2 rings (SSSR count). The number of rotatable bonds is 6. The lowest BCUT2D eigenvalue weighted by molar-refractivity contribution is -0.116. The van der Waals surface area contributed by atoms with Gasteiger partial charge in [0.15, 0.2) is 0 Å². The summed E-state index contributed by atoms with van der Waals surface area (Å²) in [6, 6.07) is 7.87. The first kappa shape index (κ1) is 17.5. The number of furan rings is 1. The van der Waals surface area contributed by atoms with Gasteiger partial charge in [0, 0.05) is 24.7 Å². The smallest absolute Gasteiger partial charge is 0.251 e. The summed E-state index contributed by atoms with van der Waals surface area (Å²) in [6.45, 7) is 3.96. The number of aryl methyl sites for hydroxylation is 2. The Labute approximate surface area is 139 Å². The molecule has 0 aliphatic heterocycles. The summed E-state index contributed by atoms with van der Waals surface area (Å²) in [4.78, 5) is 23.5. The molecule has 6 heteroatoms. The van der Waals surface area contributed by atoms with E-state index in [-0.39, 0.29) is 30.5 Å². The van der Waals surface area contributed by atoms with Gasteiger partial charge in [0.1, 0.15) is 17.3 Å². The van der Waals surface area contributed by atoms with Crippen molar-refractivity contribution in [3.05, 3.63) is 64.9 Å². The Kier molecular flexibility index (Phi) is 5.89. The minimum absolute atomic E-state index is 0.244. The van der Waals surface area contributed by atoms with Crippen LogP contribution in [0.5, 0.6) is 0 Å². The van der Waals surface area contributed by atoms with Gasteiger partial charge in [-0.05, 0) is 49.8 Å². The van der Waals surface area contributed by atoms with Gasteiger partial charge in [-0.1, -0.05) is 6.07 Å². The predicted octanol–water partition coefficient (Wildman–Crippen LogP) is 2.59. The van der Waals surface area contributed by atoms with Crippen molar-refractivity contribution in [1.29, 1.82) is 0 Å². The Morgan fingerprint density at radius 3 is 2.54 bits per heavy atom. The first-order chi connectivity index (χ1) is 11.5. The maximum absolute atomic E-state index is 13.4. The normalized spacial score (nSPS) is 10.8. The zero-order valence-electron chi connectivity index (χ0n) is 13.6. The molecule has 1 aromatic heterocycles. The van der Waals surface area contributed by atoms with Gasteiger partial charge in [-0.15, -0.1) is 0 Å². The summed E-state index contributed by atoms with van der Waals surface area (Å²) < 4.78 is 18.7. The predicted molar refractivity (Wildman–Crippen MR) is 89.0 cm³/mol. The first-order valence-corrected chi connectivity index (χ1v) is 7.52. The van der Waals surface area contributed by atoms with Crippen molar-refractivity contribution < 1.29 is 18.4 Å². The maximum Gasteiger partial charge on any atom is 0.251 e. The molecule has 1 aromatic carbocycles. The molecule has 24 heavy (non-hydrogen) atoms. The molecule has 0 aliphatic rings. The van der Waals surface area contributed by atoms with Crippen LogP contribution in [0, 0.1) is 19.7 Å². The van der Waals surface area contributed by atoms with E-state index in [4.69, 9.17) is 4.42 Å². The molecule has 0 saturated carbocycles. The van der Waals surface area contributed by atoms with Crippen LogP contribution in [0.2, 0.25) is 0 Å². The van der Waals surface area contributed by atoms with Gasteiger partial charge >= 0.3 is 0 Å². The first-order valence-electron chi connectivity index (χ1n) is 7.52. The second-order valence-electron chi connectivity index (χ2n) is 5.29. The topological polar surface area (TPSA) is 71.3 Å². The van der Waals surface area contributed by atoms with Crippen molar-refractivity contribution >= 4 is 17.9 Å². The molecule has 2 N–H and O–H groups in total. The lowest BCUT2D eigenvalue weighted by Gasteiger charge is -2.06.